The summed E-state index contributed by atoms with van der Waals surface area (Å²) in [5, 5.41) is 2.95. The van der Waals surface area contributed by atoms with E-state index in [-0.39, 0.29) is 11.3 Å². The zero-order chi connectivity index (χ0) is 14.0. The van der Waals surface area contributed by atoms with Gasteiger partial charge in [0.2, 0.25) is 5.91 Å². The minimum absolute atomic E-state index is 0.0433. The molecule has 0 saturated heterocycles. The van der Waals surface area contributed by atoms with Crippen LogP contribution in [0, 0.1) is 12.3 Å². The van der Waals surface area contributed by atoms with Crippen molar-refractivity contribution in [1.82, 2.24) is 5.32 Å². The molecule has 0 bridgehead atoms. The second-order valence-electron chi connectivity index (χ2n) is 5.86. The van der Waals surface area contributed by atoms with Crippen LogP contribution in [0.15, 0.2) is 12.1 Å². The first-order valence-corrected chi connectivity index (χ1v) is 6.55. The summed E-state index contributed by atoms with van der Waals surface area (Å²) in [6, 6.07) is 3.92. The molecule has 1 aromatic carbocycles. The molecule has 1 aliphatic rings. The molecule has 4 nitrogen and oxygen atoms in total. The zero-order valence-corrected chi connectivity index (χ0v) is 12.0. The van der Waals surface area contributed by atoms with Crippen LogP contribution in [0.1, 0.15) is 31.9 Å². The summed E-state index contributed by atoms with van der Waals surface area (Å²) in [5.74, 6) is 1.59. The number of benzene rings is 1. The Balaban J connectivity index is 2.11. The number of hydrogen-bond donors (Lipinski definition) is 1. The normalized spacial score (nSPS) is 14.1. The molecule has 1 heterocycles. The highest BCUT2D eigenvalue weighted by Gasteiger charge is 2.21. The van der Waals surface area contributed by atoms with E-state index in [9.17, 15) is 4.79 Å². The molecule has 0 spiro atoms. The number of rotatable bonds is 2. The van der Waals surface area contributed by atoms with Gasteiger partial charge in [0.25, 0.3) is 0 Å². The molecule has 0 aromatic heterocycles. The summed E-state index contributed by atoms with van der Waals surface area (Å²) in [7, 11) is 0. The highest BCUT2D eigenvalue weighted by atomic mass is 16.6. The van der Waals surface area contributed by atoms with Gasteiger partial charge in [0.1, 0.15) is 13.2 Å². The van der Waals surface area contributed by atoms with Crippen molar-refractivity contribution in [2.45, 2.75) is 34.2 Å². The number of fused-ring (bicyclic) bond motifs is 1. The van der Waals surface area contributed by atoms with Crippen LogP contribution in [0.4, 0.5) is 0 Å². The lowest BCUT2D eigenvalue weighted by atomic mass is 9.95. The maximum Gasteiger partial charge on any atom is 0.225 e. The zero-order valence-electron chi connectivity index (χ0n) is 12.0. The smallest absolute Gasteiger partial charge is 0.225 e. The molecule has 0 radical (unpaired) electrons. The van der Waals surface area contributed by atoms with E-state index in [1.165, 1.54) is 0 Å². The van der Waals surface area contributed by atoms with Crippen molar-refractivity contribution < 1.29 is 14.3 Å². The van der Waals surface area contributed by atoms with Gasteiger partial charge >= 0.3 is 0 Å². The van der Waals surface area contributed by atoms with Crippen molar-refractivity contribution in [3.8, 4) is 11.5 Å². The van der Waals surface area contributed by atoms with Crippen molar-refractivity contribution in [2.75, 3.05) is 13.2 Å². The minimum atomic E-state index is -0.373. The number of ether oxygens (including phenoxy) is 2. The van der Waals surface area contributed by atoms with Crippen LogP contribution >= 0.6 is 0 Å². The molecule has 0 fully saturated rings. The molecule has 1 aliphatic heterocycles. The molecule has 0 unspecified atom stereocenters. The maximum atomic E-state index is 11.9. The predicted molar refractivity (Wildman–Crippen MR) is 73.5 cm³/mol. The molecule has 19 heavy (non-hydrogen) atoms. The van der Waals surface area contributed by atoms with Gasteiger partial charge in [0.15, 0.2) is 11.5 Å². The van der Waals surface area contributed by atoms with Gasteiger partial charge in [-0.05, 0) is 30.2 Å². The molecule has 0 atom stereocenters. The topological polar surface area (TPSA) is 47.6 Å². The van der Waals surface area contributed by atoms with E-state index in [2.05, 4.69) is 5.32 Å². The molecular weight excluding hydrogens is 242 g/mol. The summed E-state index contributed by atoms with van der Waals surface area (Å²) >= 11 is 0. The number of carbonyl (C=O) groups is 1. The molecule has 0 saturated carbocycles. The number of hydrogen-bond acceptors (Lipinski definition) is 3. The summed E-state index contributed by atoms with van der Waals surface area (Å²) in [6.07, 6.45) is 0. The highest BCUT2D eigenvalue weighted by molar-refractivity contribution is 5.81. The quantitative estimate of drug-likeness (QED) is 0.891. The van der Waals surface area contributed by atoms with Gasteiger partial charge in [-0.2, -0.15) is 0 Å². The van der Waals surface area contributed by atoms with Crippen molar-refractivity contribution >= 4 is 5.91 Å². The fourth-order valence-electron chi connectivity index (χ4n) is 1.86. The van der Waals surface area contributed by atoms with Gasteiger partial charge in [-0.25, -0.2) is 0 Å². The van der Waals surface area contributed by atoms with Crippen molar-refractivity contribution in [1.29, 1.82) is 0 Å². The van der Waals surface area contributed by atoms with Crippen LogP contribution in [-0.4, -0.2) is 19.1 Å². The van der Waals surface area contributed by atoms with Gasteiger partial charge in [-0.1, -0.05) is 20.8 Å². The molecule has 104 valence electrons. The molecular formula is C15H21NO3. The third-order valence-corrected chi connectivity index (χ3v) is 3.12. The van der Waals surface area contributed by atoms with Crippen LogP contribution < -0.4 is 14.8 Å². The third kappa shape index (κ3) is 3.19. The van der Waals surface area contributed by atoms with Crippen molar-refractivity contribution in [3.63, 3.8) is 0 Å². The lowest BCUT2D eigenvalue weighted by Gasteiger charge is -2.21. The molecule has 4 heteroatoms. The van der Waals surface area contributed by atoms with E-state index < -0.39 is 0 Å². The number of aryl methyl sites for hydroxylation is 1. The number of amides is 1. The Kier molecular flexibility index (Phi) is 3.69. The summed E-state index contributed by atoms with van der Waals surface area (Å²) in [5.41, 5.74) is 1.78. The van der Waals surface area contributed by atoms with Crippen LogP contribution in [0.5, 0.6) is 11.5 Å². The number of carbonyl (C=O) groups excluding carboxylic acids is 1. The Hall–Kier alpha value is -1.71. The third-order valence-electron chi connectivity index (χ3n) is 3.12. The van der Waals surface area contributed by atoms with Gasteiger partial charge in [0, 0.05) is 12.0 Å². The largest absolute Gasteiger partial charge is 0.486 e. The Morgan fingerprint density at radius 3 is 2.37 bits per heavy atom. The van der Waals surface area contributed by atoms with Crippen LogP contribution in [-0.2, 0) is 11.3 Å². The lowest BCUT2D eigenvalue weighted by molar-refractivity contribution is -0.128. The van der Waals surface area contributed by atoms with Gasteiger partial charge in [-0.15, -0.1) is 0 Å². The van der Waals surface area contributed by atoms with Crippen molar-refractivity contribution in [3.05, 3.63) is 23.3 Å². The Bertz CT molecular complexity index is 489. The van der Waals surface area contributed by atoms with E-state index in [0.29, 0.717) is 19.8 Å². The van der Waals surface area contributed by atoms with E-state index >= 15 is 0 Å². The molecule has 1 N–H and O–H groups in total. The maximum absolute atomic E-state index is 11.9. The molecule has 1 amide bonds. The predicted octanol–water partition coefficient (Wildman–Crippen LogP) is 2.43. The number of nitrogens with one attached hydrogen (secondary N) is 1. The van der Waals surface area contributed by atoms with Crippen LogP contribution in [0.2, 0.25) is 0 Å². The SMILES string of the molecule is Cc1cc2c(cc1CNC(=O)C(C)(C)C)OCCO2. The van der Waals surface area contributed by atoms with E-state index in [0.717, 1.165) is 22.6 Å². The summed E-state index contributed by atoms with van der Waals surface area (Å²) in [6.45, 7) is 9.39. The average Bonchev–Trinajstić information content (AvgIpc) is 2.34. The summed E-state index contributed by atoms with van der Waals surface area (Å²) in [4.78, 5) is 11.9. The van der Waals surface area contributed by atoms with Crippen molar-refractivity contribution in [2.24, 2.45) is 5.41 Å². The lowest BCUT2D eigenvalue weighted by Crippen LogP contribution is -2.34. The minimum Gasteiger partial charge on any atom is -0.486 e. The van der Waals surface area contributed by atoms with E-state index in [1.807, 2.05) is 39.8 Å². The Morgan fingerprint density at radius 1 is 1.21 bits per heavy atom. The monoisotopic (exact) mass is 263 g/mol. The average molecular weight is 263 g/mol. The second kappa shape index (κ2) is 5.11. The van der Waals surface area contributed by atoms with E-state index in [1.54, 1.807) is 0 Å². The van der Waals surface area contributed by atoms with E-state index in [4.69, 9.17) is 9.47 Å². The van der Waals surface area contributed by atoms with Crippen LogP contribution in [0.3, 0.4) is 0 Å². The molecule has 2 rings (SSSR count). The first-order chi connectivity index (χ1) is 8.88. The van der Waals surface area contributed by atoms with Gasteiger partial charge in [-0.3, -0.25) is 4.79 Å². The van der Waals surface area contributed by atoms with Gasteiger partial charge < -0.3 is 14.8 Å². The van der Waals surface area contributed by atoms with Gasteiger partial charge in [0.05, 0.1) is 0 Å². The fraction of sp³-hybridized carbons (Fsp3) is 0.533. The summed E-state index contributed by atoms with van der Waals surface area (Å²) < 4.78 is 11.1. The molecule has 0 aliphatic carbocycles. The van der Waals surface area contributed by atoms with Crippen LogP contribution in [0.25, 0.3) is 0 Å². The molecule has 1 aromatic rings. The Labute approximate surface area is 114 Å². The highest BCUT2D eigenvalue weighted by Crippen LogP contribution is 2.33. The first-order valence-electron chi connectivity index (χ1n) is 6.55. The first kappa shape index (κ1) is 13.7. The fourth-order valence-corrected chi connectivity index (χ4v) is 1.86. The second-order valence-corrected chi connectivity index (χ2v) is 5.86. The standard InChI is InChI=1S/C15H21NO3/c1-10-7-12-13(19-6-5-18-12)8-11(10)9-16-14(17)15(2,3)4/h7-8H,5-6,9H2,1-4H3,(H,16,17). The Morgan fingerprint density at radius 2 is 1.79 bits per heavy atom.